The number of hydrogen-bond donors (Lipinski definition) is 4. The van der Waals surface area contributed by atoms with Crippen LogP contribution in [0.4, 0.5) is 49.1 Å². The van der Waals surface area contributed by atoms with Gasteiger partial charge in [0.1, 0.15) is 46.0 Å². The van der Waals surface area contributed by atoms with Crippen LogP contribution in [-0.4, -0.2) is 20.8 Å². The molecular weight excluding hydrogens is 911 g/mol. The molecule has 0 saturated heterocycles. The summed E-state index contributed by atoms with van der Waals surface area (Å²) in [7, 11) is -3.68. The zero-order valence-electron chi connectivity index (χ0n) is 35.4. The van der Waals surface area contributed by atoms with Gasteiger partial charge < -0.3 is 41.9 Å². The number of hydrogen-bond acceptors (Lipinski definition) is 10. The lowest BCUT2D eigenvalue weighted by Crippen LogP contribution is -2.54. The molecule has 0 atom stereocenters. The molecule has 0 unspecified atom stereocenters. The second-order valence-electron chi connectivity index (χ2n) is 14.9. The Labute approximate surface area is 386 Å². The fourth-order valence-corrected chi connectivity index (χ4v) is 8.07. The first kappa shape index (κ1) is 47.6. The molecule has 348 valence electrons. The fourth-order valence-electron chi connectivity index (χ4n) is 6.81. The summed E-state index contributed by atoms with van der Waals surface area (Å²) < 4.78 is 135. The molecule has 8 aromatic carbocycles. The van der Waals surface area contributed by atoms with Gasteiger partial charge >= 0.3 is 12.4 Å². The minimum absolute atomic E-state index is 0.0546. The van der Waals surface area contributed by atoms with Gasteiger partial charge in [-0.2, -0.15) is 26.3 Å². The van der Waals surface area contributed by atoms with Crippen LogP contribution < -0.4 is 41.9 Å². The third kappa shape index (κ3) is 11.0. The van der Waals surface area contributed by atoms with Crippen molar-refractivity contribution < 1.29 is 53.7 Å². The molecule has 68 heavy (non-hydrogen) atoms. The Morgan fingerprint density at radius 3 is 0.868 bits per heavy atom. The predicted octanol–water partition coefficient (Wildman–Crippen LogP) is 13.1. The maximum Gasteiger partial charge on any atom is 0.411 e. The van der Waals surface area contributed by atoms with Crippen LogP contribution in [0.3, 0.4) is 0 Å². The monoisotopic (exact) mass is 950 g/mol. The summed E-state index contributed by atoms with van der Waals surface area (Å²) in [5, 5.41) is 0. The fraction of sp³-hybridized carbons (Fsp3) is 0.0588. The van der Waals surface area contributed by atoms with Crippen molar-refractivity contribution in [1.82, 2.24) is 0 Å². The normalized spacial score (nSPS) is 11.7. The summed E-state index contributed by atoms with van der Waals surface area (Å²) >= 11 is 0. The number of nitrogens with two attached hydrogens (primary N) is 4. The summed E-state index contributed by atoms with van der Waals surface area (Å²) in [5.74, 6) is 2.91. The van der Waals surface area contributed by atoms with Crippen LogP contribution in [0.5, 0.6) is 46.0 Å². The predicted molar refractivity (Wildman–Crippen MR) is 248 cm³/mol. The minimum Gasteiger partial charge on any atom is -0.457 e. The lowest BCUT2D eigenvalue weighted by Gasteiger charge is -2.38. The SMILES string of the molecule is Nc1ccc(Oc2ccc(C(c3ccc(Oc4ccc(N)cc4)cc3)(C(F)(F)F)C(F)(F)F)cc2)cc1.Nc1cccc(Oc2ccc(S(=O)(=O)c3ccc(Oc4cccc(N)c4)cc3)cc2)c1. The maximum absolute atomic E-state index is 14.4. The summed E-state index contributed by atoms with van der Waals surface area (Å²) in [4.78, 5) is 0.328. The first-order valence-corrected chi connectivity index (χ1v) is 21.7. The Balaban J connectivity index is 0.000000204. The van der Waals surface area contributed by atoms with Crippen LogP contribution in [0.15, 0.2) is 204 Å². The topological polar surface area (TPSA) is 175 Å². The molecule has 0 spiro atoms. The van der Waals surface area contributed by atoms with E-state index in [2.05, 4.69) is 0 Å². The Bertz CT molecular complexity index is 2860. The smallest absolute Gasteiger partial charge is 0.411 e. The van der Waals surface area contributed by atoms with Crippen molar-refractivity contribution in [3.63, 3.8) is 0 Å². The summed E-state index contributed by atoms with van der Waals surface area (Å²) in [6.45, 7) is 0. The van der Waals surface area contributed by atoms with Gasteiger partial charge in [-0.05, 0) is 157 Å². The summed E-state index contributed by atoms with van der Waals surface area (Å²) in [6.07, 6.45) is -11.4. The molecule has 0 heterocycles. The second kappa shape index (κ2) is 19.7. The van der Waals surface area contributed by atoms with E-state index in [0.29, 0.717) is 57.2 Å². The van der Waals surface area contributed by atoms with E-state index in [0.717, 1.165) is 48.5 Å². The largest absolute Gasteiger partial charge is 0.457 e. The van der Waals surface area contributed by atoms with E-state index in [9.17, 15) is 34.8 Å². The van der Waals surface area contributed by atoms with Gasteiger partial charge in [0.25, 0.3) is 0 Å². The van der Waals surface area contributed by atoms with E-state index in [1.165, 1.54) is 48.5 Å². The van der Waals surface area contributed by atoms with Crippen LogP contribution in [-0.2, 0) is 15.3 Å². The number of alkyl halides is 6. The van der Waals surface area contributed by atoms with Crippen LogP contribution >= 0.6 is 0 Å². The van der Waals surface area contributed by atoms with Gasteiger partial charge in [0.15, 0.2) is 0 Å². The number of rotatable bonds is 12. The number of nitrogen functional groups attached to an aromatic ring is 4. The van der Waals surface area contributed by atoms with Crippen molar-refractivity contribution in [2.45, 2.75) is 27.6 Å². The molecule has 17 heteroatoms. The molecule has 0 aliphatic carbocycles. The average Bonchev–Trinajstić information content (AvgIpc) is 3.29. The molecule has 0 aromatic heterocycles. The second-order valence-corrected chi connectivity index (χ2v) is 16.9. The molecule has 8 rings (SSSR count). The van der Waals surface area contributed by atoms with Crippen molar-refractivity contribution >= 4 is 32.6 Å². The van der Waals surface area contributed by atoms with Crippen LogP contribution in [0.2, 0.25) is 0 Å². The highest BCUT2D eigenvalue weighted by molar-refractivity contribution is 7.91. The molecular formula is C51H40F6N4O6S. The number of halogens is 6. The van der Waals surface area contributed by atoms with Gasteiger partial charge in [0.05, 0.1) is 9.79 Å². The molecule has 0 aliphatic rings. The van der Waals surface area contributed by atoms with Crippen molar-refractivity contribution in [2.75, 3.05) is 22.9 Å². The van der Waals surface area contributed by atoms with Crippen molar-refractivity contribution in [2.24, 2.45) is 0 Å². The number of benzene rings is 8. The Kier molecular flexibility index (Phi) is 13.8. The highest BCUT2D eigenvalue weighted by Crippen LogP contribution is 2.56. The van der Waals surface area contributed by atoms with Gasteiger partial charge in [-0.3, -0.25) is 0 Å². The highest BCUT2D eigenvalue weighted by Gasteiger charge is 2.72. The molecule has 0 fully saturated rings. The summed E-state index contributed by atoms with van der Waals surface area (Å²) in [5.41, 5.74) is 18.5. The Hall–Kier alpha value is -8.31. The van der Waals surface area contributed by atoms with Gasteiger partial charge in [0, 0.05) is 34.9 Å². The zero-order valence-corrected chi connectivity index (χ0v) is 36.2. The van der Waals surface area contributed by atoms with Gasteiger partial charge in [0.2, 0.25) is 15.3 Å². The molecule has 10 nitrogen and oxygen atoms in total. The lowest BCUT2D eigenvalue weighted by atomic mass is 9.73. The van der Waals surface area contributed by atoms with Crippen molar-refractivity contribution in [3.05, 3.63) is 205 Å². The molecule has 0 bridgehead atoms. The molecule has 0 amide bonds. The Morgan fingerprint density at radius 2 is 0.588 bits per heavy atom. The van der Waals surface area contributed by atoms with Crippen molar-refractivity contribution in [3.8, 4) is 46.0 Å². The minimum atomic E-state index is -5.72. The quantitative estimate of drug-likeness (QED) is 0.0681. The first-order valence-electron chi connectivity index (χ1n) is 20.2. The average molecular weight is 951 g/mol. The third-order valence-electron chi connectivity index (χ3n) is 10.1. The molecule has 0 saturated carbocycles. The van der Waals surface area contributed by atoms with Gasteiger partial charge in [-0.15, -0.1) is 0 Å². The van der Waals surface area contributed by atoms with Crippen molar-refractivity contribution in [1.29, 1.82) is 0 Å². The summed E-state index contributed by atoms with van der Waals surface area (Å²) in [6, 6.07) is 46.0. The molecule has 8 aromatic rings. The molecule has 8 N–H and O–H groups in total. The van der Waals surface area contributed by atoms with Gasteiger partial charge in [-0.25, -0.2) is 8.42 Å². The van der Waals surface area contributed by atoms with E-state index in [1.54, 1.807) is 97.1 Å². The number of anilines is 4. The Morgan fingerprint density at radius 1 is 0.324 bits per heavy atom. The highest BCUT2D eigenvalue weighted by atomic mass is 32.2. The van der Waals surface area contributed by atoms with E-state index >= 15 is 0 Å². The van der Waals surface area contributed by atoms with E-state index < -0.39 is 38.7 Å². The maximum atomic E-state index is 14.4. The number of ether oxygens (including phenoxy) is 4. The molecule has 0 aliphatic heterocycles. The standard InChI is InChI=1S/C27H20F6N2O2.C24H20N2O4S/c28-26(29,30)25(27(31,32)33,17-1-9-21(10-2-17)36-23-13-5-19(34)6-14-23)18-3-11-22(12-4-18)37-24-15-7-20(35)8-16-24;25-17-3-1-5-21(15-17)29-19-7-11-23(12-8-19)31(27,28)24-13-9-20(10-14-24)30-22-6-2-4-18(26)16-22/h1-16H,34-35H2;1-16H,25-26H2. The zero-order chi connectivity index (χ0) is 48.7. The number of sulfone groups is 1. The molecule has 0 radical (unpaired) electrons. The lowest BCUT2D eigenvalue weighted by molar-refractivity contribution is -0.288. The first-order chi connectivity index (χ1) is 32.3. The van der Waals surface area contributed by atoms with E-state index in [4.69, 9.17) is 41.9 Å². The van der Waals surface area contributed by atoms with Gasteiger partial charge in [-0.1, -0.05) is 36.4 Å². The van der Waals surface area contributed by atoms with Crippen LogP contribution in [0.25, 0.3) is 0 Å². The van der Waals surface area contributed by atoms with Crippen LogP contribution in [0.1, 0.15) is 11.1 Å². The third-order valence-corrected chi connectivity index (χ3v) is 11.9. The van der Waals surface area contributed by atoms with E-state index in [-0.39, 0.29) is 21.3 Å². The van der Waals surface area contributed by atoms with Crippen LogP contribution in [0, 0.1) is 0 Å². The van der Waals surface area contributed by atoms with E-state index in [1.807, 2.05) is 0 Å².